The summed E-state index contributed by atoms with van der Waals surface area (Å²) in [7, 11) is 0. The second kappa shape index (κ2) is 7.69. The number of urea groups is 1. The summed E-state index contributed by atoms with van der Waals surface area (Å²) in [4.78, 5) is 43.2. The molecule has 0 radical (unpaired) electrons. The Bertz CT molecular complexity index is 816. The van der Waals surface area contributed by atoms with Crippen LogP contribution in [0, 0.1) is 13.8 Å². The van der Waals surface area contributed by atoms with Gasteiger partial charge < -0.3 is 10.1 Å². The summed E-state index contributed by atoms with van der Waals surface area (Å²) in [5.41, 5.74) is 1.50. The molecule has 0 fully saturated rings. The lowest BCUT2D eigenvalue weighted by Gasteiger charge is -2.11. The van der Waals surface area contributed by atoms with Crippen molar-refractivity contribution in [1.29, 1.82) is 0 Å². The number of nitrogens with one attached hydrogen (secondary N) is 2. The Morgan fingerprint density at radius 1 is 1.28 bits per heavy atom. The maximum atomic E-state index is 12.0. The number of rotatable bonds is 5. The average molecular weight is 348 g/mol. The third-order valence-electron chi connectivity index (χ3n) is 3.38. The largest absolute Gasteiger partial charge is 0.450 e. The lowest BCUT2D eigenvalue weighted by atomic mass is 10.3. The van der Waals surface area contributed by atoms with Gasteiger partial charge in [0.1, 0.15) is 0 Å². The van der Waals surface area contributed by atoms with Crippen LogP contribution < -0.4 is 10.6 Å². The molecule has 10 nitrogen and oxygen atoms in total. The summed E-state index contributed by atoms with van der Waals surface area (Å²) in [6.45, 7) is 6.68. The van der Waals surface area contributed by atoms with Crippen LogP contribution in [0.15, 0.2) is 6.07 Å². The standard InChI is InChI=1S/C15H20N6O4/c1-5-8(2)17-15(24)18-11(22)7-25-13(23)12-19-14-16-9(3)6-10(4)21(14)20-12/h6,8H,5,7H2,1-4H3,(H2,17,18,22,24)/t8-/m1/s1. The number of amides is 3. The van der Waals surface area contributed by atoms with E-state index in [1.54, 1.807) is 26.8 Å². The van der Waals surface area contributed by atoms with E-state index < -0.39 is 24.5 Å². The van der Waals surface area contributed by atoms with Crippen molar-refractivity contribution in [2.24, 2.45) is 0 Å². The van der Waals surface area contributed by atoms with Crippen molar-refractivity contribution >= 4 is 23.7 Å². The molecule has 0 spiro atoms. The van der Waals surface area contributed by atoms with E-state index in [2.05, 4.69) is 25.7 Å². The Labute approximate surface area is 144 Å². The van der Waals surface area contributed by atoms with E-state index in [1.807, 2.05) is 6.92 Å². The summed E-state index contributed by atoms with van der Waals surface area (Å²) in [5, 5.41) is 8.63. The van der Waals surface area contributed by atoms with Gasteiger partial charge >= 0.3 is 12.0 Å². The fourth-order valence-electron chi connectivity index (χ4n) is 1.97. The maximum absolute atomic E-state index is 12.0. The SMILES string of the molecule is CC[C@@H](C)NC(=O)NC(=O)COC(=O)c1nc2nc(C)cc(C)n2n1. The van der Waals surface area contributed by atoms with Crippen LogP contribution in [0.1, 0.15) is 42.3 Å². The van der Waals surface area contributed by atoms with Crippen molar-refractivity contribution in [2.45, 2.75) is 40.2 Å². The predicted octanol–water partition coefficient (Wildman–Crippen LogP) is 0.522. The van der Waals surface area contributed by atoms with Gasteiger partial charge in [-0.25, -0.2) is 19.1 Å². The van der Waals surface area contributed by atoms with Crippen molar-refractivity contribution in [3.8, 4) is 0 Å². The molecule has 10 heteroatoms. The molecule has 2 rings (SSSR count). The Kier molecular flexibility index (Phi) is 5.63. The monoisotopic (exact) mass is 348 g/mol. The van der Waals surface area contributed by atoms with Gasteiger partial charge in [-0.1, -0.05) is 6.92 Å². The number of hydrogen-bond acceptors (Lipinski definition) is 7. The highest BCUT2D eigenvalue weighted by molar-refractivity contribution is 5.96. The minimum atomic E-state index is -0.875. The maximum Gasteiger partial charge on any atom is 0.378 e. The normalized spacial score (nSPS) is 11.8. The van der Waals surface area contributed by atoms with Gasteiger partial charge in [0, 0.05) is 17.4 Å². The van der Waals surface area contributed by atoms with Gasteiger partial charge in [0.05, 0.1) is 0 Å². The molecule has 0 saturated heterocycles. The number of hydrogen-bond donors (Lipinski definition) is 2. The van der Waals surface area contributed by atoms with Crippen molar-refractivity contribution in [3.63, 3.8) is 0 Å². The molecule has 2 heterocycles. The van der Waals surface area contributed by atoms with Crippen molar-refractivity contribution in [3.05, 3.63) is 23.3 Å². The van der Waals surface area contributed by atoms with E-state index in [-0.39, 0.29) is 17.6 Å². The fraction of sp³-hybridized carbons (Fsp3) is 0.467. The number of esters is 1. The summed E-state index contributed by atoms with van der Waals surface area (Å²) >= 11 is 0. The molecule has 3 amide bonds. The van der Waals surface area contributed by atoms with Crippen LogP contribution in [0.25, 0.3) is 5.78 Å². The van der Waals surface area contributed by atoms with E-state index in [0.717, 1.165) is 17.8 Å². The van der Waals surface area contributed by atoms with E-state index in [4.69, 9.17) is 4.74 Å². The highest BCUT2D eigenvalue weighted by Gasteiger charge is 2.18. The Hall–Kier alpha value is -3.04. The topological polar surface area (TPSA) is 128 Å². The number of aromatic nitrogens is 4. The number of aryl methyl sites for hydroxylation is 2. The van der Waals surface area contributed by atoms with Crippen LogP contribution in [-0.2, 0) is 9.53 Å². The van der Waals surface area contributed by atoms with Crippen LogP contribution in [0.5, 0.6) is 0 Å². The number of imide groups is 1. The minimum absolute atomic E-state index is 0.0725. The zero-order chi connectivity index (χ0) is 18.6. The van der Waals surface area contributed by atoms with Gasteiger partial charge in [0.15, 0.2) is 6.61 Å². The van der Waals surface area contributed by atoms with Gasteiger partial charge in [-0.15, -0.1) is 5.10 Å². The zero-order valence-corrected chi connectivity index (χ0v) is 14.5. The first-order valence-electron chi connectivity index (χ1n) is 7.78. The van der Waals surface area contributed by atoms with Crippen LogP contribution in [0.2, 0.25) is 0 Å². The van der Waals surface area contributed by atoms with E-state index >= 15 is 0 Å². The summed E-state index contributed by atoms with van der Waals surface area (Å²) in [6, 6.07) is 1.08. The van der Waals surface area contributed by atoms with Gasteiger partial charge in [-0.05, 0) is 33.3 Å². The van der Waals surface area contributed by atoms with E-state index in [9.17, 15) is 14.4 Å². The van der Waals surface area contributed by atoms with E-state index in [1.165, 1.54) is 4.52 Å². The predicted molar refractivity (Wildman–Crippen MR) is 87.0 cm³/mol. The first-order valence-corrected chi connectivity index (χ1v) is 7.78. The van der Waals surface area contributed by atoms with E-state index in [0.29, 0.717) is 0 Å². The second-order valence-electron chi connectivity index (χ2n) is 5.59. The van der Waals surface area contributed by atoms with Crippen molar-refractivity contribution in [1.82, 2.24) is 30.2 Å². The lowest BCUT2D eigenvalue weighted by molar-refractivity contribution is -0.123. The molecule has 1 atom stereocenters. The Morgan fingerprint density at radius 2 is 2.00 bits per heavy atom. The zero-order valence-electron chi connectivity index (χ0n) is 14.5. The smallest absolute Gasteiger partial charge is 0.378 e. The molecule has 2 N–H and O–H groups in total. The number of ether oxygens (including phenoxy) is 1. The van der Waals surface area contributed by atoms with Gasteiger partial charge in [-0.2, -0.15) is 4.98 Å². The highest BCUT2D eigenvalue weighted by atomic mass is 16.5. The fourth-order valence-corrected chi connectivity index (χ4v) is 1.97. The first kappa shape index (κ1) is 18.3. The molecule has 134 valence electrons. The highest BCUT2D eigenvalue weighted by Crippen LogP contribution is 2.06. The van der Waals surface area contributed by atoms with Crippen LogP contribution in [-0.4, -0.2) is 50.1 Å². The van der Waals surface area contributed by atoms with Crippen LogP contribution in [0.3, 0.4) is 0 Å². The number of carbonyl (C=O) groups excluding carboxylic acids is 3. The third kappa shape index (κ3) is 4.72. The summed E-state index contributed by atoms with van der Waals surface area (Å²) in [6.07, 6.45) is 0.725. The molecule has 2 aromatic rings. The molecule has 0 aliphatic carbocycles. The molecule has 0 aliphatic heterocycles. The van der Waals surface area contributed by atoms with Crippen LogP contribution >= 0.6 is 0 Å². The molecule has 0 aromatic carbocycles. The van der Waals surface area contributed by atoms with Gasteiger partial charge in [0.25, 0.3) is 17.5 Å². The molecule has 25 heavy (non-hydrogen) atoms. The quantitative estimate of drug-likeness (QED) is 0.754. The van der Waals surface area contributed by atoms with Crippen LogP contribution in [0.4, 0.5) is 4.79 Å². The first-order chi connectivity index (χ1) is 11.8. The molecular weight excluding hydrogens is 328 g/mol. The molecular formula is C15H20N6O4. The van der Waals surface area contributed by atoms with Gasteiger partial charge in [-0.3, -0.25) is 10.1 Å². The number of carbonyl (C=O) groups is 3. The third-order valence-corrected chi connectivity index (χ3v) is 3.38. The van der Waals surface area contributed by atoms with Crippen molar-refractivity contribution < 1.29 is 19.1 Å². The number of nitrogens with zero attached hydrogens (tertiary/aromatic N) is 4. The lowest BCUT2D eigenvalue weighted by Crippen LogP contribution is -2.44. The number of fused-ring (bicyclic) bond motifs is 1. The summed E-state index contributed by atoms with van der Waals surface area (Å²) < 4.78 is 6.23. The minimum Gasteiger partial charge on any atom is -0.450 e. The second-order valence-corrected chi connectivity index (χ2v) is 5.59. The Morgan fingerprint density at radius 3 is 2.68 bits per heavy atom. The molecule has 0 aliphatic rings. The summed E-state index contributed by atoms with van der Waals surface area (Å²) in [5.74, 6) is -1.57. The van der Waals surface area contributed by atoms with Crippen molar-refractivity contribution in [2.75, 3.05) is 6.61 Å². The Balaban J connectivity index is 1.93. The molecule has 0 bridgehead atoms. The van der Waals surface area contributed by atoms with Gasteiger partial charge in [0.2, 0.25) is 0 Å². The average Bonchev–Trinajstić information content (AvgIpc) is 2.96. The molecule has 0 saturated carbocycles. The molecule has 0 unspecified atom stereocenters. The molecule has 2 aromatic heterocycles.